The van der Waals surface area contributed by atoms with Crippen molar-refractivity contribution in [2.24, 2.45) is 5.41 Å². The van der Waals surface area contributed by atoms with Gasteiger partial charge in [0.15, 0.2) is 0 Å². The van der Waals surface area contributed by atoms with Crippen LogP contribution in [0.15, 0.2) is 24.3 Å². The van der Waals surface area contributed by atoms with Gasteiger partial charge in [-0.1, -0.05) is 30.7 Å². The number of carbonyl (C=O) groups is 1. The van der Waals surface area contributed by atoms with E-state index in [-0.39, 0.29) is 5.92 Å². The number of hydrogen-bond acceptors (Lipinski definition) is 1. The Kier molecular flexibility index (Phi) is 4.58. The standard InChI is InChI=1S/C14H19ClO2/c1-4-10(9-14(2,3)13(16)17)11-5-7-12(15)8-6-11/h5-8,10H,4,9H2,1-3H3,(H,16,17). The maximum absolute atomic E-state index is 11.1. The predicted molar refractivity (Wildman–Crippen MR) is 70.5 cm³/mol. The Labute approximate surface area is 108 Å². The summed E-state index contributed by atoms with van der Waals surface area (Å²) in [7, 11) is 0. The second-order valence-electron chi connectivity index (χ2n) is 5.05. The van der Waals surface area contributed by atoms with Gasteiger partial charge in [-0.3, -0.25) is 4.79 Å². The van der Waals surface area contributed by atoms with Crippen LogP contribution in [0.2, 0.25) is 5.02 Å². The molecule has 0 amide bonds. The Balaban J connectivity index is 2.86. The number of aliphatic carboxylic acids is 1. The molecule has 0 bridgehead atoms. The molecule has 1 rings (SSSR count). The van der Waals surface area contributed by atoms with Gasteiger partial charge in [-0.2, -0.15) is 0 Å². The second-order valence-corrected chi connectivity index (χ2v) is 5.49. The van der Waals surface area contributed by atoms with Crippen LogP contribution in [0.4, 0.5) is 0 Å². The molecule has 1 aromatic carbocycles. The van der Waals surface area contributed by atoms with E-state index in [1.54, 1.807) is 13.8 Å². The Morgan fingerprint density at radius 2 is 1.88 bits per heavy atom. The number of halogens is 1. The molecule has 0 saturated carbocycles. The van der Waals surface area contributed by atoms with E-state index in [9.17, 15) is 4.79 Å². The van der Waals surface area contributed by atoms with E-state index in [0.29, 0.717) is 11.4 Å². The Morgan fingerprint density at radius 3 is 2.29 bits per heavy atom. The molecular formula is C14H19ClO2. The highest BCUT2D eigenvalue weighted by Gasteiger charge is 2.30. The lowest BCUT2D eigenvalue weighted by atomic mass is 9.79. The molecule has 94 valence electrons. The molecule has 0 spiro atoms. The van der Waals surface area contributed by atoms with Crippen LogP contribution < -0.4 is 0 Å². The first-order valence-electron chi connectivity index (χ1n) is 5.85. The molecule has 1 atom stereocenters. The van der Waals surface area contributed by atoms with Crippen molar-refractivity contribution in [2.75, 3.05) is 0 Å². The van der Waals surface area contributed by atoms with Crippen LogP contribution in [0.1, 0.15) is 45.1 Å². The van der Waals surface area contributed by atoms with Crippen LogP contribution in [0.3, 0.4) is 0 Å². The van der Waals surface area contributed by atoms with Gasteiger partial charge in [0.2, 0.25) is 0 Å². The first-order valence-corrected chi connectivity index (χ1v) is 6.23. The number of carboxylic acid groups (broad SMARTS) is 1. The normalized spacial score (nSPS) is 13.4. The van der Waals surface area contributed by atoms with E-state index in [1.807, 2.05) is 24.3 Å². The monoisotopic (exact) mass is 254 g/mol. The highest BCUT2D eigenvalue weighted by Crippen LogP contribution is 2.34. The number of benzene rings is 1. The van der Waals surface area contributed by atoms with Gasteiger partial charge in [0.25, 0.3) is 0 Å². The van der Waals surface area contributed by atoms with Crippen LogP contribution in [-0.2, 0) is 4.79 Å². The van der Waals surface area contributed by atoms with Gasteiger partial charge >= 0.3 is 5.97 Å². The number of hydrogen-bond donors (Lipinski definition) is 1. The van der Waals surface area contributed by atoms with Gasteiger partial charge in [0, 0.05) is 5.02 Å². The molecule has 17 heavy (non-hydrogen) atoms. The van der Waals surface area contributed by atoms with Gasteiger partial charge in [-0.25, -0.2) is 0 Å². The fourth-order valence-corrected chi connectivity index (χ4v) is 2.06. The summed E-state index contributed by atoms with van der Waals surface area (Å²) < 4.78 is 0. The summed E-state index contributed by atoms with van der Waals surface area (Å²) in [6.07, 6.45) is 1.57. The quantitative estimate of drug-likeness (QED) is 0.849. The summed E-state index contributed by atoms with van der Waals surface area (Å²) in [5, 5.41) is 9.86. The fraction of sp³-hybridized carbons (Fsp3) is 0.500. The predicted octanol–water partition coefficient (Wildman–Crippen LogP) is 4.33. The lowest BCUT2D eigenvalue weighted by Gasteiger charge is -2.25. The van der Waals surface area contributed by atoms with E-state index < -0.39 is 11.4 Å². The van der Waals surface area contributed by atoms with Crippen molar-refractivity contribution in [1.82, 2.24) is 0 Å². The maximum atomic E-state index is 11.1. The zero-order valence-corrected chi connectivity index (χ0v) is 11.3. The molecule has 1 N–H and O–H groups in total. The van der Waals surface area contributed by atoms with Crippen molar-refractivity contribution in [2.45, 2.75) is 39.5 Å². The van der Waals surface area contributed by atoms with Gasteiger partial charge in [0.1, 0.15) is 0 Å². The lowest BCUT2D eigenvalue weighted by molar-refractivity contribution is -0.147. The van der Waals surface area contributed by atoms with Crippen LogP contribution >= 0.6 is 11.6 Å². The van der Waals surface area contributed by atoms with E-state index in [1.165, 1.54) is 0 Å². The summed E-state index contributed by atoms with van der Waals surface area (Å²) >= 11 is 5.85. The van der Waals surface area contributed by atoms with Crippen LogP contribution in [0.25, 0.3) is 0 Å². The molecule has 0 saturated heterocycles. The Hall–Kier alpha value is -1.02. The molecule has 1 aromatic rings. The highest BCUT2D eigenvalue weighted by atomic mass is 35.5. The Morgan fingerprint density at radius 1 is 1.35 bits per heavy atom. The number of rotatable bonds is 5. The second kappa shape index (κ2) is 5.54. The molecule has 0 fully saturated rings. The van der Waals surface area contributed by atoms with Crippen LogP contribution in [0.5, 0.6) is 0 Å². The average Bonchev–Trinajstić information content (AvgIpc) is 2.27. The van der Waals surface area contributed by atoms with Crippen molar-refractivity contribution in [3.63, 3.8) is 0 Å². The number of carboxylic acids is 1. The van der Waals surface area contributed by atoms with E-state index in [4.69, 9.17) is 16.7 Å². The minimum Gasteiger partial charge on any atom is -0.481 e. The molecule has 0 radical (unpaired) electrons. The largest absolute Gasteiger partial charge is 0.481 e. The first kappa shape index (κ1) is 14.0. The maximum Gasteiger partial charge on any atom is 0.309 e. The van der Waals surface area contributed by atoms with Crippen LogP contribution in [-0.4, -0.2) is 11.1 Å². The van der Waals surface area contributed by atoms with Gasteiger partial charge in [0.05, 0.1) is 5.41 Å². The fourth-order valence-electron chi connectivity index (χ4n) is 1.94. The van der Waals surface area contributed by atoms with E-state index in [2.05, 4.69) is 6.92 Å². The summed E-state index contributed by atoms with van der Waals surface area (Å²) in [5.74, 6) is -0.483. The van der Waals surface area contributed by atoms with Gasteiger partial charge in [-0.15, -0.1) is 0 Å². The van der Waals surface area contributed by atoms with Crippen molar-refractivity contribution in [1.29, 1.82) is 0 Å². The highest BCUT2D eigenvalue weighted by molar-refractivity contribution is 6.30. The van der Waals surface area contributed by atoms with Crippen molar-refractivity contribution in [3.05, 3.63) is 34.9 Å². The van der Waals surface area contributed by atoms with Crippen molar-refractivity contribution in [3.8, 4) is 0 Å². The summed E-state index contributed by atoms with van der Waals surface area (Å²) in [6.45, 7) is 5.62. The first-order chi connectivity index (χ1) is 7.86. The zero-order chi connectivity index (χ0) is 13.1. The molecule has 0 heterocycles. The molecule has 0 aromatic heterocycles. The lowest BCUT2D eigenvalue weighted by Crippen LogP contribution is -2.26. The molecule has 1 unspecified atom stereocenters. The van der Waals surface area contributed by atoms with Gasteiger partial charge < -0.3 is 5.11 Å². The average molecular weight is 255 g/mol. The molecular weight excluding hydrogens is 236 g/mol. The third-order valence-electron chi connectivity index (χ3n) is 3.17. The SMILES string of the molecule is CCC(CC(C)(C)C(=O)O)c1ccc(Cl)cc1. The van der Waals surface area contributed by atoms with Gasteiger partial charge in [-0.05, 0) is 50.3 Å². The summed E-state index contributed by atoms with van der Waals surface area (Å²) in [5.41, 5.74) is 0.464. The molecule has 0 aliphatic rings. The minimum absolute atomic E-state index is 0.262. The molecule has 0 aliphatic carbocycles. The summed E-state index contributed by atoms with van der Waals surface area (Å²) in [4.78, 5) is 11.1. The van der Waals surface area contributed by atoms with Crippen LogP contribution in [0, 0.1) is 5.41 Å². The summed E-state index contributed by atoms with van der Waals surface area (Å²) in [6, 6.07) is 7.67. The third-order valence-corrected chi connectivity index (χ3v) is 3.42. The molecule has 3 heteroatoms. The molecule has 2 nitrogen and oxygen atoms in total. The third kappa shape index (κ3) is 3.74. The van der Waals surface area contributed by atoms with Crippen molar-refractivity contribution >= 4 is 17.6 Å². The topological polar surface area (TPSA) is 37.3 Å². The van der Waals surface area contributed by atoms with E-state index in [0.717, 1.165) is 12.0 Å². The Bertz CT molecular complexity index is 382. The van der Waals surface area contributed by atoms with Crippen molar-refractivity contribution < 1.29 is 9.90 Å². The minimum atomic E-state index is -0.745. The molecule has 0 aliphatic heterocycles. The zero-order valence-electron chi connectivity index (χ0n) is 10.5. The van der Waals surface area contributed by atoms with E-state index >= 15 is 0 Å². The smallest absolute Gasteiger partial charge is 0.309 e.